The molecule has 0 bridgehead atoms. The molecule has 0 unspecified atom stereocenters. The first-order chi connectivity index (χ1) is 28.7. The van der Waals surface area contributed by atoms with Crippen molar-refractivity contribution in [2.24, 2.45) is 0 Å². The van der Waals surface area contributed by atoms with Gasteiger partial charge in [-0.2, -0.15) is 0 Å². The predicted octanol–water partition coefficient (Wildman–Crippen LogP) is 14.3. The molecule has 0 radical (unpaired) electrons. The number of furan rings is 2. The Balaban J connectivity index is 1.04. The van der Waals surface area contributed by atoms with Crippen LogP contribution in [0.5, 0.6) is 0 Å². The Morgan fingerprint density at radius 3 is 1.53 bits per heavy atom. The van der Waals surface area contributed by atoms with E-state index in [4.69, 9.17) is 23.8 Å². The summed E-state index contributed by atoms with van der Waals surface area (Å²) in [7, 11) is 0. The molecule has 0 saturated carbocycles. The van der Waals surface area contributed by atoms with E-state index in [-0.39, 0.29) is 0 Å². The van der Waals surface area contributed by atoms with Gasteiger partial charge in [0.05, 0.1) is 0 Å². The van der Waals surface area contributed by atoms with E-state index in [1.165, 1.54) is 11.1 Å². The molecular formula is C53H31N3O2. The highest BCUT2D eigenvalue weighted by molar-refractivity contribution is 6.14. The summed E-state index contributed by atoms with van der Waals surface area (Å²) < 4.78 is 12.5. The molecule has 9 aromatic carbocycles. The highest BCUT2D eigenvalue weighted by Gasteiger charge is 2.20. The molecule has 0 atom stereocenters. The molecule has 0 aliphatic carbocycles. The number of benzene rings is 9. The lowest BCUT2D eigenvalue weighted by molar-refractivity contribution is 0.668. The minimum absolute atomic E-state index is 0.587. The molecule has 0 amide bonds. The minimum Gasteiger partial charge on any atom is -0.456 e. The van der Waals surface area contributed by atoms with Gasteiger partial charge in [-0.3, -0.25) is 0 Å². The topological polar surface area (TPSA) is 65.0 Å². The summed E-state index contributed by atoms with van der Waals surface area (Å²) in [5, 5.41) is 8.64. The molecule has 5 heteroatoms. The first kappa shape index (κ1) is 32.4. The molecule has 5 nitrogen and oxygen atoms in total. The van der Waals surface area contributed by atoms with Crippen molar-refractivity contribution in [3.8, 4) is 56.4 Å². The SMILES string of the molecule is c1ccc(-c2ccc3cc(-c4nc(-c5cccc6cc(-c7cccc8oc9ccccc9c78)ccc56)nc(-c5cccc6oc7ccccc7c56)n4)ccc3c2)cc1. The Bertz CT molecular complexity index is 3580. The van der Waals surface area contributed by atoms with Crippen LogP contribution in [0, 0.1) is 0 Å². The van der Waals surface area contributed by atoms with E-state index in [2.05, 4.69) is 133 Å². The van der Waals surface area contributed by atoms with Crippen LogP contribution in [0.25, 0.3) is 122 Å². The van der Waals surface area contributed by atoms with E-state index in [1.54, 1.807) is 0 Å². The van der Waals surface area contributed by atoms with Crippen molar-refractivity contribution >= 4 is 65.4 Å². The van der Waals surface area contributed by atoms with Crippen LogP contribution in [0.2, 0.25) is 0 Å². The van der Waals surface area contributed by atoms with Crippen LogP contribution in [0.3, 0.4) is 0 Å². The molecule has 12 aromatic rings. The number of rotatable bonds is 5. The first-order valence-corrected chi connectivity index (χ1v) is 19.4. The third-order valence-corrected chi connectivity index (χ3v) is 11.3. The Labute approximate surface area is 332 Å². The molecule has 270 valence electrons. The summed E-state index contributed by atoms with van der Waals surface area (Å²) in [4.78, 5) is 15.7. The van der Waals surface area contributed by atoms with Gasteiger partial charge >= 0.3 is 0 Å². The van der Waals surface area contributed by atoms with Gasteiger partial charge in [-0.25, -0.2) is 15.0 Å². The number of aromatic nitrogens is 3. The van der Waals surface area contributed by atoms with Crippen molar-refractivity contribution in [1.82, 2.24) is 15.0 Å². The van der Waals surface area contributed by atoms with Crippen LogP contribution >= 0.6 is 0 Å². The molecule has 0 saturated heterocycles. The molecule has 3 heterocycles. The highest BCUT2D eigenvalue weighted by Crippen LogP contribution is 2.40. The molecule has 0 aliphatic rings. The Kier molecular flexibility index (Phi) is 7.16. The smallest absolute Gasteiger partial charge is 0.164 e. The molecule has 0 N–H and O–H groups in total. The second kappa shape index (κ2) is 12.8. The second-order valence-corrected chi connectivity index (χ2v) is 14.7. The van der Waals surface area contributed by atoms with Crippen LogP contribution in [-0.4, -0.2) is 15.0 Å². The quantitative estimate of drug-likeness (QED) is 0.176. The maximum absolute atomic E-state index is 6.31. The maximum Gasteiger partial charge on any atom is 0.164 e. The summed E-state index contributed by atoms with van der Waals surface area (Å²) >= 11 is 0. The molecule has 3 aromatic heterocycles. The van der Waals surface area contributed by atoms with Crippen LogP contribution in [0.15, 0.2) is 197 Å². The Morgan fingerprint density at radius 1 is 0.276 bits per heavy atom. The fourth-order valence-corrected chi connectivity index (χ4v) is 8.56. The van der Waals surface area contributed by atoms with E-state index in [9.17, 15) is 0 Å². The van der Waals surface area contributed by atoms with E-state index in [0.717, 1.165) is 93.2 Å². The zero-order chi connectivity index (χ0) is 38.2. The lowest BCUT2D eigenvalue weighted by atomic mass is 9.95. The van der Waals surface area contributed by atoms with E-state index >= 15 is 0 Å². The summed E-state index contributed by atoms with van der Waals surface area (Å²) in [5.41, 5.74) is 10.7. The minimum atomic E-state index is 0.587. The van der Waals surface area contributed by atoms with Gasteiger partial charge in [-0.15, -0.1) is 0 Å². The summed E-state index contributed by atoms with van der Waals surface area (Å²) in [6.07, 6.45) is 0. The lowest BCUT2D eigenvalue weighted by Gasteiger charge is -2.12. The van der Waals surface area contributed by atoms with Crippen LogP contribution in [-0.2, 0) is 0 Å². The number of para-hydroxylation sites is 2. The average molecular weight is 742 g/mol. The molecule has 0 aliphatic heterocycles. The zero-order valence-electron chi connectivity index (χ0n) is 31.1. The summed E-state index contributed by atoms with van der Waals surface area (Å²) in [6.45, 7) is 0. The third kappa shape index (κ3) is 5.21. The van der Waals surface area contributed by atoms with E-state index in [0.29, 0.717) is 17.5 Å². The third-order valence-electron chi connectivity index (χ3n) is 11.3. The molecular weight excluding hydrogens is 711 g/mol. The number of hydrogen-bond acceptors (Lipinski definition) is 5. The van der Waals surface area contributed by atoms with Crippen LogP contribution in [0.1, 0.15) is 0 Å². The standard InChI is InChI=1S/C53H31N3O2/c1-2-11-32(12-3-1)33-23-24-35-30-38(26-25-34(35)29-33)51-54-52(56-53(55-51)44-18-10-22-48-50(44)43-15-5-7-20-46(43)58-48)41-17-8-13-36-31-37(27-28-39(36)41)40-16-9-21-47-49(40)42-14-4-6-19-45(42)57-47/h1-31H. The van der Waals surface area contributed by atoms with Gasteiger partial charge in [-0.1, -0.05) is 146 Å². The summed E-state index contributed by atoms with van der Waals surface area (Å²) in [5.74, 6) is 1.79. The fourth-order valence-electron chi connectivity index (χ4n) is 8.56. The van der Waals surface area contributed by atoms with Crippen molar-refractivity contribution in [3.63, 3.8) is 0 Å². The van der Waals surface area contributed by atoms with Gasteiger partial charge in [0.15, 0.2) is 17.5 Å². The van der Waals surface area contributed by atoms with Gasteiger partial charge in [0.25, 0.3) is 0 Å². The van der Waals surface area contributed by atoms with Crippen molar-refractivity contribution < 1.29 is 8.83 Å². The van der Waals surface area contributed by atoms with Crippen molar-refractivity contribution in [1.29, 1.82) is 0 Å². The van der Waals surface area contributed by atoms with Gasteiger partial charge in [0.2, 0.25) is 0 Å². The van der Waals surface area contributed by atoms with Gasteiger partial charge < -0.3 is 8.83 Å². The molecule has 58 heavy (non-hydrogen) atoms. The Hall–Kier alpha value is -7.89. The second-order valence-electron chi connectivity index (χ2n) is 14.7. The maximum atomic E-state index is 6.31. The zero-order valence-corrected chi connectivity index (χ0v) is 31.1. The predicted molar refractivity (Wildman–Crippen MR) is 237 cm³/mol. The average Bonchev–Trinajstić information content (AvgIpc) is 3.87. The Morgan fingerprint density at radius 2 is 0.793 bits per heavy atom. The fraction of sp³-hybridized carbons (Fsp3) is 0. The first-order valence-electron chi connectivity index (χ1n) is 19.4. The van der Waals surface area contributed by atoms with Crippen molar-refractivity contribution in [2.75, 3.05) is 0 Å². The number of hydrogen-bond donors (Lipinski definition) is 0. The summed E-state index contributed by atoms with van der Waals surface area (Å²) in [6, 6.07) is 65.2. The van der Waals surface area contributed by atoms with E-state index < -0.39 is 0 Å². The van der Waals surface area contributed by atoms with Gasteiger partial charge in [0, 0.05) is 38.2 Å². The van der Waals surface area contributed by atoms with Crippen molar-refractivity contribution in [2.45, 2.75) is 0 Å². The molecule has 0 fully saturated rings. The normalized spacial score (nSPS) is 11.8. The monoisotopic (exact) mass is 741 g/mol. The highest BCUT2D eigenvalue weighted by atomic mass is 16.3. The largest absolute Gasteiger partial charge is 0.456 e. The lowest BCUT2D eigenvalue weighted by Crippen LogP contribution is -2.01. The van der Waals surface area contributed by atoms with Crippen LogP contribution in [0.4, 0.5) is 0 Å². The molecule has 12 rings (SSSR count). The van der Waals surface area contributed by atoms with Crippen LogP contribution < -0.4 is 0 Å². The van der Waals surface area contributed by atoms with Crippen molar-refractivity contribution in [3.05, 3.63) is 188 Å². The number of fused-ring (bicyclic) bond motifs is 8. The van der Waals surface area contributed by atoms with E-state index in [1.807, 2.05) is 54.6 Å². The molecule has 0 spiro atoms. The number of nitrogens with zero attached hydrogens (tertiary/aromatic N) is 3. The van der Waals surface area contributed by atoms with Gasteiger partial charge in [0.1, 0.15) is 22.3 Å². The van der Waals surface area contributed by atoms with Gasteiger partial charge in [-0.05, 0) is 86.3 Å².